The van der Waals surface area contributed by atoms with Gasteiger partial charge in [-0.15, -0.1) is 0 Å². The Bertz CT molecular complexity index is 37.0. The lowest BCUT2D eigenvalue weighted by molar-refractivity contribution is 0.752. The van der Waals surface area contributed by atoms with Crippen molar-refractivity contribution in [3.05, 3.63) is 0 Å². The average Bonchev–Trinajstić information content (AvgIpc) is 1.81. The molecule has 4 N–H and O–H groups in total. The van der Waals surface area contributed by atoms with Crippen molar-refractivity contribution in [2.75, 3.05) is 0 Å². The van der Waals surface area contributed by atoms with Crippen molar-refractivity contribution in [1.82, 2.24) is 0 Å². The summed E-state index contributed by atoms with van der Waals surface area (Å²) in [6.45, 7) is 0. The first-order chi connectivity index (χ1) is 3.91. The number of hydrogen-bond acceptors (Lipinski definition) is 8. The van der Waals surface area contributed by atoms with Gasteiger partial charge in [-0.3, -0.25) is 10.3 Å². The Labute approximate surface area is 64.3 Å². The predicted molar refractivity (Wildman–Crippen MR) is 40.9 cm³/mol. The highest BCUT2D eigenvalue weighted by Gasteiger charge is 1.87. The molecule has 0 saturated carbocycles. The third kappa shape index (κ3) is 7.24. The first kappa shape index (κ1) is 9.24. The molecule has 4 nitrogen and oxygen atoms in total. The van der Waals surface area contributed by atoms with E-state index in [4.69, 9.17) is 10.3 Å². The van der Waals surface area contributed by atoms with Crippen molar-refractivity contribution in [2.45, 2.75) is 0 Å². The van der Waals surface area contributed by atoms with Gasteiger partial charge in [0.15, 0.2) is 0 Å². The van der Waals surface area contributed by atoms with E-state index < -0.39 is 0 Å². The Kier molecular flexibility index (Phi) is 9.52. The molecule has 8 heteroatoms. The van der Waals surface area contributed by atoms with Crippen molar-refractivity contribution in [3.63, 3.8) is 0 Å². The van der Waals surface area contributed by atoms with Crippen LogP contribution in [0.15, 0.2) is 0 Å². The Hall–Kier alpha value is 1.24. The van der Waals surface area contributed by atoms with Crippen LogP contribution in [0.25, 0.3) is 0 Å². The van der Waals surface area contributed by atoms with Crippen LogP contribution in [0.3, 0.4) is 0 Å². The Morgan fingerprint density at radius 2 is 1.25 bits per heavy atom. The summed E-state index contributed by atoms with van der Waals surface area (Å²) in [5, 5.41) is 9.75. The first-order valence-corrected chi connectivity index (χ1v) is 4.91. The molecule has 0 aromatic carbocycles. The van der Waals surface area contributed by atoms with Gasteiger partial charge in [-0.1, -0.05) is 0 Å². The number of rotatable bonds is 5. The van der Waals surface area contributed by atoms with Gasteiger partial charge in [-0.25, -0.2) is 7.26 Å². The van der Waals surface area contributed by atoms with Crippen LogP contribution in [0, 0.1) is 0 Å². The molecule has 0 bridgehead atoms. The van der Waals surface area contributed by atoms with E-state index >= 15 is 0 Å². The summed E-state index contributed by atoms with van der Waals surface area (Å²) in [6, 6.07) is 0. The fraction of sp³-hybridized carbons (Fsp3) is 0. The molecule has 0 unspecified atom stereocenters. The van der Waals surface area contributed by atoms with Crippen LogP contribution < -0.4 is 10.3 Å². The fourth-order valence-electron chi connectivity index (χ4n) is 0.0548. The van der Waals surface area contributed by atoms with E-state index in [0.29, 0.717) is 0 Å². The second-order valence-corrected chi connectivity index (χ2v) is 3.03. The fourth-order valence-corrected chi connectivity index (χ4v) is 1.48. The summed E-state index contributed by atoms with van der Waals surface area (Å²) in [6.07, 6.45) is 0. The van der Waals surface area contributed by atoms with Gasteiger partial charge in [-0.05, 0) is 0 Å². The lowest BCUT2D eigenvalue weighted by Crippen LogP contribution is -1.75. The molecule has 0 radical (unpaired) electrons. The molecule has 0 heterocycles. The summed E-state index contributed by atoms with van der Waals surface area (Å²) in [7, 11) is 0. The quantitative estimate of drug-likeness (QED) is 0.292. The van der Waals surface area contributed by atoms with E-state index in [2.05, 4.69) is 7.26 Å². The van der Waals surface area contributed by atoms with Crippen LogP contribution >= 0.6 is 46.6 Å². The van der Waals surface area contributed by atoms with Gasteiger partial charge in [0.05, 0.1) is 24.5 Å². The second kappa shape index (κ2) is 8.24. The van der Waals surface area contributed by atoms with Gasteiger partial charge in [-0.2, -0.15) is 0 Å². The van der Waals surface area contributed by atoms with Gasteiger partial charge in [0, 0.05) is 0 Å². The monoisotopic (exact) mass is 192 g/mol. The maximum Gasteiger partial charge on any atom is 0.110 e. The zero-order valence-electron chi connectivity index (χ0n) is 3.60. The highest BCUT2D eigenvalue weighted by atomic mass is 33.1. The molecule has 50 valence electrons. The molecule has 0 fully saturated rings. The van der Waals surface area contributed by atoms with Crippen molar-refractivity contribution in [2.24, 2.45) is 10.3 Å². The largest absolute Gasteiger partial charge is 0.253 e. The third-order valence-electron chi connectivity index (χ3n) is 0.162. The van der Waals surface area contributed by atoms with Crippen LogP contribution in [0.5, 0.6) is 0 Å². The highest BCUT2D eigenvalue weighted by Crippen LogP contribution is 2.28. The molecule has 0 amide bonds. The van der Waals surface area contributed by atoms with Crippen molar-refractivity contribution >= 4 is 46.6 Å². The zero-order chi connectivity index (χ0) is 6.24. The molecule has 0 aliphatic carbocycles. The molecule has 0 rings (SSSR count). The molecular formula is H4N2O2S4. The van der Waals surface area contributed by atoms with E-state index in [9.17, 15) is 0 Å². The van der Waals surface area contributed by atoms with Crippen LogP contribution in [-0.4, -0.2) is 0 Å². The first-order valence-electron chi connectivity index (χ1n) is 1.30. The van der Waals surface area contributed by atoms with Crippen LogP contribution in [0.2, 0.25) is 0 Å². The molecule has 8 heavy (non-hydrogen) atoms. The Morgan fingerprint density at radius 1 is 0.875 bits per heavy atom. The van der Waals surface area contributed by atoms with Crippen LogP contribution in [-0.2, 0) is 7.26 Å². The maximum absolute atomic E-state index is 4.88. The Balaban J connectivity index is 2.53. The van der Waals surface area contributed by atoms with E-state index in [1.165, 1.54) is 0 Å². The molecule has 0 saturated heterocycles. The average molecular weight is 192 g/mol. The zero-order valence-corrected chi connectivity index (χ0v) is 6.87. The summed E-state index contributed by atoms with van der Waals surface area (Å²) in [4.78, 5) is 0. The lowest BCUT2D eigenvalue weighted by Gasteiger charge is -1.91. The second-order valence-electron chi connectivity index (χ2n) is 0.465. The molecule has 0 aliphatic heterocycles. The lowest BCUT2D eigenvalue weighted by atomic mass is 13.9. The number of hydrogen-bond donors (Lipinski definition) is 2. The van der Waals surface area contributed by atoms with E-state index in [0.717, 1.165) is 46.6 Å². The smallest absolute Gasteiger partial charge is 0.110 e. The topological polar surface area (TPSA) is 70.5 Å². The SMILES string of the molecule is NSOSSOSN. The molecule has 0 aliphatic rings. The van der Waals surface area contributed by atoms with E-state index in [1.807, 2.05) is 0 Å². The van der Waals surface area contributed by atoms with Crippen molar-refractivity contribution < 1.29 is 7.26 Å². The van der Waals surface area contributed by atoms with Gasteiger partial charge in [0.25, 0.3) is 0 Å². The molecular weight excluding hydrogens is 188 g/mol. The Morgan fingerprint density at radius 3 is 1.50 bits per heavy atom. The highest BCUT2D eigenvalue weighted by molar-refractivity contribution is 8.74. The normalized spacial score (nSPS) is 9.75. The predicted octanol–water partition coefficient (Wildman–Crippen LogP) is 1.27. The minimum atomic E-state index is 0.764. The summed E-state index contributed by atoms with van der Waals surface area (Å²) < 4.78 is 9.03. The van der Waals surface area contributed by atoms with Gasteiger partial charge < -0.3 is 0 Å². The minimum Gasteiger partial charge on any atom is -0.253 e. The number of nitrogens with two attached hydrogens (primary N) is 2. The molecule has 0 aromatic rings. The molecule has 0 spiro atoms. The summed E-state index contributed by atoms with van der Waals surface area (Å²) >= 11 is 3.55. The summed E-state index contributed by atoms with van der Waals surface area (Å²) in [5.74, 6) is 0. The molecule has 0 atom stereocenters. The van der Waals surface area contributed by atoms with Crippen LogP contribution in [0.1, 0.15) is 0 Å². The van der Waals surface area contributed by atoms with Crippen LogP contribution in [0.4, 0.5) is 0 Å². The van der Waals surface area contributed by atoms with E-state index in [-0.39, 0.29) is 0 Å². The maximum atomic E-state index is 4.88. The van der Waals surface area contributed by atoms with Gasteiger partial charge in [0.1, 0.15) is 22.1 Å². The minimum absolute atomic E-state index is 0.764. The summed E-state index contributed by atoms with van der Waals surface area (Å²) in [5.41, 5.74) is 0. The van der Waals surface area contributed by atoms with Crippen molar-refractivity contribution in [3.8, 4) is 0 Å². The van der Waals surface area contributed by atoms with Gasteiger partial charge >= 0.3 is 0 Å². The van der Waals surface area contributed by atoms with Gasteiger partial charge in [0.2, 0.25) is 0 Å². The van der Waals surface area contributed by atoms with E-state index in [1.54, 1.807) is 0 Å². The third-order valence-corrected chi connectivity index (χ3v) is 2.46. The molecule has 0 aromatic heterocycles. The standard InChI is InChI=1S/H4N2O2S4/c1-5-3-7-8-4-6-2/h1-2H2. The van der Waals surface area contributed by atoms with Crippen molar-refractivity contribution in [1.29, 1.82) is 0 Å².